The normalized spacial score (nSPS) is 23.1. The highest BCUT2D eigenvalue weighted by Crippen LogP contribution is 2.27. The molecule has 2 aliphatic rings. The van der Waals surface area contributed by atoms with Crippen LogP contribution in [0.25, 0.3) is 10.9 Å². The molecule has 162 valence electrons. The van der Waals surface area contributed by atoms with Crippen LogP contribution in [-0.2, 0) is 0 Å². The molecule has 1 aromatic carbocycles. The number of piperidine rings is 1. The predicted octanol–water partition coefficient (Wildman–Crippen LogP) is 4.36. The van der Waals surface area contributed by atoms with Crippen LogP contribution in [0.4, 0.5) is 11.5 Å². The van der Waals surface area contributed by atoms with Gasteiger partial charge < -0.3 is 20.0 Å². The maximum Gasteiger partial charge on any atom is 0.173 e. The minimum Gasteiger partial charge on any atom is -0.354 e. The Kier molecular flexibility index (Phi) is 6.44. The fraction of sp³-hybridized carbons (Fsp3) is 0.583. The molecule has 0 saturated carbocycles. The lowest BCUT2D eigenvalue weighted by atomic mass is 9.92. The fourth-order valence-corrected chi connectivity index (χ4v) is 5.21. The number of nitrogens with one attached hydrogen (secondary N) is 1. The van der Waals surface area contributed by atoms with Gasteiger partial charge in [-0.3, -0.25) is 0 Å². The molecule has 4 rings (SSSR count). The van der Waals surface area contributed by atoms with Crippen molar-refractivity contribution < 1.29 is 0 Å². The Balaban J connectivity index is 1.49. The standard InChI is InChI=1S/C24H35N5S/c1-5-27-8-10-28(11-9-27)23-13-19(4)21-14-20(6-7-22(21)26-23)25-24(30)29-15-17(2)12-18(3)16-29/h6-7,13-14,17-18H,5,8-12,15-16H2,1-4H3,(H,25,30)/t17-,18-/m0/s1. The summed E-state index contributed by atoms with van der Waals surface area (Å²) in [5.41, 5.74) is 3.37. The second-order valence-corrected chi connectivity index (χ2v) is 9.62. The zero-order valence-electron chi connectivity index (χ0n) is 18.8. The largest absolute Gasteiger partial charge is 0.354 e. The smallest absolute Gasteiger partial charge is 0.173 e. The van der Waals surface area contributed by atoms with Gasteiger partial charge in [-0.25, -0.2) is 4.98 Å². The second-order valence-electron chi connectivity index (χ2n) is 9.23. The lowest BCUT2D eigenvalue weighted by molar-refractivity contribution is 0.216. The van der Waals surface area contributed by atoms with Crippen LogP contribution in [0, 0.1) is 18.8 Å². The SMILES string of the molecule is CCN1CCN(c2cc(C)c3cc(NC(=S)N4C[C@@H](C)C[C@H](C)C4)ccc3n2)CC1. The summed E-state index contributed by atoms with van der Waals surface area (Å²) in [7, 11) is 0. The average Bonchev–Trinajstić information content (AvgIpc) is 2.73. The molecule has 6 heteroatoms. The van der Waals surface area contributed by atoms with Crippen LogP contribution in [0.3, 0.4) is 0 Å². The molecule has 0 bridgehead atoms. The van der Waals surface area contributed by atoms with E-state index in [1.807, 2.05) is 0 Å². The van der Waals surface area contributed by atoms with Gasteiger partial charge in [0, 0.05) is 50.3 Å². The molecular formula is C24H35N5S. The number of hydrogen-bond donors (Lipinski definition) is 1. The number of fused-ring (bicyclic) bond motifs is 1. The summed E-state index contributed by atoms with van der Waals surface area (Å²) in [4.78, 5) is 12.2. The molecule has 2 atom stereocenters. The Hall–Kier alpha value is -1.92. The maximum atomic E-state index is 5.73. The number of pyridine rings is 1. The summed E-state index contributed by atoms with van der Waals surface area (Å²) < 4.78 is 0. The number of likely N-dealkylation sites (tertiary alicyclic amines) is 1. The Labute approximate surface area is 186 Å². The zero-order valence-corrected chi connectivity index (χ0v) is 19.6. The number of hydrogen-bond acceptors (Lipinski definition) is 4. The Morgan fingerprint density at radius 3 is 2.47 bits per heavy atom. The number of aromatic nitrogens is 1. The van der Waals surface area contributed by atoms with Crippen LogP contribution in [0.15, 0.2) is 24.3 Å². The van der Waals surface area contributed by atoms with Crippen molar-refractivity contribution in [1.82, 2.24) is 14.8 Å². The molecule has 0 radical (unpaired) electrons. The van der Waals surface area contributed by atoms with E-state index in [9.17, 15) is 0 Å². The molecule has 0 unspecified atom stereocenters. The summed E-state index contributed by atoms with van der Waals surface area (Å²) >= 11 is 5.73. The highest BCUT2D eigenvalue weighted by molar-refractivity contribution is 7.80. The molecule has 1 aromatic heterocycles. The van der Waals surface area contributed by atoms with Crippen LogP contribution in [0.1, 0.15) is 32.8 Å². The number of likely N-dealkylation sites (N-methyl/N-ethyl adjacent to an activating group) is 1. The van der Waals surface area contributed by atoms with Crippen molar-refractivity contribution in [3.05, 3.63) is 29.8 Å². The topological polar surface area (TPSA) is 34.6 Å². The zero-order chi connectivity index (χ0) is 21.3. The van der Waals surface area contributed by atoms with Gasteiger partial charge in [0.25, 0.3) is 0 Å². The summed E-state index contributed by atoms with van der Waals surface area (Å²) in [6.45, 7) is 16.6. The number of aryl methyl sites for hydroxylation is 1. The summed E-state index contributed by atoms with van der Waals surface area (Å²) in [5.74, 6) is 2.48. The quantitative estimate of drug-likeness (QED) is 0.736. The number of rotatable bonds is 3. The molecule has 5 nitrogen and oxygen atoms in total. The van der Waals surface area contributed by atoms with E-state index < -0.39 is 0 Å². The summed E-state index contributed by atoms with van der Waals surface area (Å²) in [6.07, 6.45) is 1.29. The summed E-state index contributed by atoms with van der Waals surface area (Å²) in [5, 5.41) is 5.51. The highest BCUT2D eigenvalue weighted by atomic mass is 32.1. The van der Waals surface area contributed by atoms with Crippen molar-refractivity contribution in [2.45, 2.75) is 34.1 Å². The predicted molar refractivity (Wildman–Crippen MR) is 132 cm³/mol. The molecule has 2 saturated heterocycles. The van der Waals surface area contributed by atoms with E-state index in [2.05, 4.69) is 72.0 Å². The van der Waals surface area contributed by atoms with Crippen molar-refractivity contribution in [3.63, 3.8) is 0 Å². The Bertz CT molecular complexity index is 896. The van der Waals surface area contributed by atoms with Crippen molar-refractivity contribution in [1.29, 1.82) is 0 Å². The first-order chi connectivity index (χ1) is 14.4. The third kappa shape index (κ3) is 4.70. The molecule has 2 aromatic rings. The number of piperazine rings is 1. The molecule has 0 spiro atoms. The van der Waals surface area contributed by atoms with Gasteiger partial charge in [0.15, 0.2) is 5.11 Å². The third-order valence-electron chi connectivity index (χ3n) is 6.55. The lowest BCUT2D eigenvalue weighted by Crippen LogP contribution is -2.46. The van der Waals surface area contributed by atoms with E-state index in [0.29, 0.717) is 11.8 Å². The van der Waals surface area contributed by atoms with Crippen molar-refractivity contribution >= 4 is 39.7 Å². The van der Waals surface area contributed by atoms with Gasteiger partial charge in [-0.05, 0) is 73.8 Å². The number of nitrogens with zero attached hydrogens (tertiary/aromatic N) is 4. The first-order valence-electron chi connectivity index (χ1n) is 11.4. The van der Waals surface area contributed by atoms with Gasteiger partial charge in [0.1, 0.15) is 5.82 Å². The van der Waals surface area contributed by atoms with E-state index in [-0.39, 0.29) is 0 Å². The molecule has 0 amide bonds. The minimum absolute atomic E-state index is 0.689. The Morgan fingerprint density at radius 1 is 1.10 bits per heavy atom. The van der Waals surface area contributed by atoms with Crippen LogP contribution >= 0.6 is 12.2 Å². The molecule has 30 heavy (non-hydrogen) atoms. The fourth-order valence-electron chi connectivity index (χ4n) is 4.94. The molecule has 3 heterocycles. The molecule has 2 fully saturated rings. The first-order valence-corrected chi connectivity index (χ1v) is 11.8. The number of anilines is 2. The molecule has 0 aliphatic carbocycles. The van der Waals surface area contributed by atoms with Gasteiger partial charge in [-0.15, -0.1) is 0 Å². The average molecular weight is 426 g/mol. The van der Waals surface area contributed by atoms with Gasteiger partial charge >= 0.3 is 0 Å². The maximum absolute atomic E-state index is 5.73. The van der Waals surface area contributed by atoms with Gasteiger partial charge in [-0.2, -0.15) is 0 Å². The van der Waals surface area contributed by atoms with Gasteiger partial charge in [0.2, 0.25) is 0 Å². The lowest BCUT2D eigenvalue weighted by Gasteiger charge is -2.36. The summed E-state index contributed by atoms with van der Waals surface area (Å²) in [6, 6.07) is 8.66. The monoisotopic (exact) mass is 425 g/mol. The van der Waals surface area contributed by atoms with Crippen molar-refractivity contribution in [2.24, 2.45) is 11.8 Å². The molecule has 1 N–H and O–H groups in total. The highest BCUT2D eigenvalue weighted by Gasteiger charge is 2.23. The minimum atomic E-state index is 0.689. The van der Waals surface area contributed by atoms with Crippen LogP contribution in [-0.4, -0.2) is 65.7 Å². The van der Waals surface area contributed by atoms with Crippen molar-refractivity contribution in [2.75, 3.05) is 56.0 Å². The van der Waals surface area contributed by atoms with Crippen molar-refractivity contribution in [3.8, 4) is 0 Å². The Morgan fingerprint density at radius 2 is 1.80 bits per heavy atom. The first kappa shape index (κ1) is 21.3. The van der Waals surface area contributed by atoms with E-state index in [4.69, 9.17) is 17.2 Å². The van der Waals surface area contributed by atoms with Crippen LogP contribution in [0.5, 0.6) is 0 Å². The van der Waals surface area contributed by atoms with E-state index in [1.54, 1.807) is 0 Å². The number of thiocarbonyl (C=S) groups is 1. The third-order valence-corrected chi connectivity index (χ3v) is 6.91. The molecule has 2 aliphatic heterocycles. The van der Waals surface area contributed by atoms with Crippen LogP contribution in [0.2, 0.25) is 0 Å². The number of benzene rings is 1. The van der Waals surface area contributed by atoms with E-state index in [1.165, 1.54) is 17.4 Å². The molecular weight excluding hydrogens is 390 g/mol. The van der Waals surface area contributed by atoms with E-state index >= 15 is 0 Å². The van der Waals surface area contributed by atoms with Gasteiger partial charge in [0.05, 0.1) is 5.52 Å². The van der Waals surface area contributed by atoms with E-state index in [0.717, 1.165) is 67.9 Å². The second kappa shape index (κ2) is 9.06. The van der Waals surface area contributed by atoms with Gasteiger partial charge in [-0.1, -0.05) is 20.8 Å². The van der Waals surface area contributed by atoms with Crippen LogP contribution < -0.4 is 10.2 Å².